The summed E-state index contributed by atoms with van der Waals surface area (Å²) in [4.78, 5) is 0. The van der Waals surface area contributed by atoms with E-state index in [1.54, 1.807) is 0 Å². The number of halogens is 13. The number of ether oxygens (including phenoxy) is 2. The number of alkyl halides is 13. The van der Waals surface area contributed by atoms with Crippen molar-refractivity contribution in [2.75, 3.05) is 6.61 Å². The average molecular weight is 404 g/mol. The van der Waals surface area contributed by atoms with Gasteiger partial charge in [-0.3, -0.25) is 4.74 Å². The third kappa shape index (κ3) is 3.27. The first-order valence-corrected chi connectivity index (χ1v) is 5.81. The lowest BCUT2D eigenvalue weighted by atomic mass is 9.96. The maximum Gasteiger partial charge on any atom is 0.453 e. The molecule has 0 aromatic carbocycles. The van der Waals surface area contributed by atoms with Crippen LogP contribution in [0.2, 0.25) is 0 Å². The van der Waals surface area contributed by atoms with Crippen LogP contribution in [0.25, 0.3) is 0 Å². The van der Waals surface area contributed by atoms with E-state index in [9.17, 15) is 57.1 Å². The third-order valence-corrected chi connectivity index (χ3v) is 2.84. The Balaban J connectivity index is 4.07. The van der Waals surface area contributed by atoms with Crippen molar-refractivity contribution in [1.82, 2.24) is 0 Å². The molecule has 1 rings (SSSR count). The van der Waals surface area contributed by atoms with E-state index in [1.807, 2.05) is 0 Å². The molecule has 2 atom stereocenters. The van der Waals surface area contributed by atoms with Gasteiger partial charge in [-0.15, -0.1) is 0 Å². The molecule has 0 aliphatic carbocycles. The van der Waals surface area contributed by atoms with Gasteiger partial charge in [0.25, 0.3) is 0 Å². The van der Waals surface area contributed by atoms with Gasteiger partial charge >= 0.3 is 36.3 Å². The number of hydrogen-bond donors (Lipinski definition) is 0. The summed E-state index contributed by atoms with van der Waals surface area (Å²) in [5, 5.41) is 0. The number of hydrogen-bond acceptors (Lipinski definition) is 2. The van der Waals surface area contributed by atoms with Crippen molar-refractivity contribution in [2.45, 2.75) is 43.3 Å². The van der Waals surface area contributed by atoms with Crippen molar-refractivity contribution in [3.8, 4) is 0 Å². The molecule has 148 valence electrons. The lowest BCUT2D eigenvalue weighted by Gasteiger charge is -2.35. The minimum Gasteiger partial charge on any atom is -0.339 e. The quantitative estimate of drug-likeness (QED) is 0.479. The third-order valence-electron chi connectivity index (χ3n) is 2.84. The molecule has 2 nitrogen and oxygen atoms in total. The molecular formula is C10H5F13O2. The molecule has 0 N–H and O–H groups in total. The molecule has 0 bridgehead atoms. The SMILES string of the molecule is CCOC1(C(F)(F)F)OC(F)(C(F)(F)F)C(C(F)(F)F)=C1C(F)(F)F. The lowest BCUT2D eigenvalue weighted by molar-refractivity contribution is -0.431. The van der Waals surface area contributed by atoms with Crippen LogP contribution in [0.1, 0.15) is 6.92 Å². The molecule has 0 radical (unpaired) electrons. The molecule has 1 aliphatic heterocycles. The monoisotopic (exact) mass is 404 g/mol. The van der Waals surface area contributed by atoms with Gasteiger partial charge in [-0.25, -0.2) is 0 Å². The lowest BCUT2D eigenvalue weighted by Crippen LogP contribution is -2.56. The van der Waals surface area contributed by atoms with Crippen LogP contribution < -0.4 is 0 Å². The second-order valence-corrected chi connectivity index (χ2v) is 4.49. The molecule has 1 aliphatic rings. The Morgan fingerprint density at radius 2 is 1.16 bits per heavy atom. The maximum atomic E-state index is 13.9. The summed E-state index contributed by atoms with van der Waals surface area (Å²) in [7, 11) is 0. The molecule has 15 heteroatoms. The number of rotatable bonds is 2. The second kappa shape index (κ2) is 5.62. The van der Waals surface area contributed by atoms with Crippen LogP contribution in [0.3, 0.4) is 0 Å². The van der Waals surface area contributed by atoms with Crippen molar-refractivity contribution >= 4 is 0 Å². The first-order valence-electron chi connectivity index (χ1n) is 5.81. The Bertz CT molecular complexity index is 551. The van der Waals surface area contributed by atoms with Gasteiger partial charge in [0.2, 0.25) is 0 Å². The maximum absolute atomic E-state index is 13.9. The smallest absolute Gasteiger partial charge is 0.339 e. The van der Waals surface area contributed by atoms with Crippen molar-refractivity contribution in [3.05, 3.63) is 11.1 Å². The van der Waals surface area contributed by atoms with Crippen LogP contribution in [0, 0.1) is 0 Å². The first-order chi connectivity index (χ1) is 10.8. The largest absolute Gasteiger partial charge is 0.453 e. The van der Waals surface area contributed by atoms with Gasteiger partial charge in [-0.1, -0.05) is 0 Å². The minimum absolute atomic E-state index is 0.518. The molecule has 0 fully saturated rings. The topological polar surface area (TPSA) is 18.5 Å². The normalized spacial score (nSPS) is 29.5. The highest BCUT2D eigenvalue weighted by Gasteiger charge is 2.84. The van der Waals surface area contributed by atoms with Gasteiger partial charge in [0, 0.05) is 6.61 Å². The summed E-state index contributed by atoms with van der Waals surface area (Å²) in [5.74, 6) is -12.1. The highest BCUT2D eigenvalue weighted by molar-refractivity contribution is 5.42. The summed E-state index contributed by atoms with van der Waals surface area (Å²) in [5.41, 5.74) is -8.24. The fourth-order valence-electron chi connectivity index (χ4n) is 2.06. The minimum atomic E-state index is -6.93. The van der Waals surface area contributed by atoms with Gasteiger partial charge in [0.05, 0.1) is 0 Å². The molecular weight excluding hydrogens is 399 g/mol. The van der Waals surface area contributed by atoms with Gasteiger partial charge in [0.15, 0.2) is 0 Å². The van der Waals surface area contributed by atoms with Gasteiger partial charge in [-0.2, -0.15) is 57.1 Å². The molecule has 1 heterocycles. The zero-order valence-corrected chi connectivity index (χ0v) is 11.4. The standard InChI is InChI=1S/C10H5F13O2/c1-2-24-6(10(21,22)23)4(8(15,16)17)3(7(12,13)14)5(11,25-6)9(18,19)20/h2H2,1H3. The van der Waals surface area contributed by atoms with Crippen molar-refractivity contribution in [3.63, 3.8) is 0 Å². The molecule has 0 spiro atoms. The van der Waals surface area contributed by atoms with E-state index in [4.69, 9.17) is 0 Å². The van der Waals surface area contributed by atoms with Crippen LogP contribution in [0.15, 0.2) is 11.1 Å². The Morgan fingerprint density at radius 3 is 1.40 bits per heavy atom. The zero-order valence-electron chi connectivity index (χ0n) is 11.4. The summed E-state index contributed by atoms with van der Waals surface area (Å²) in [6.45, 7) is -0.970. The van der Waals surface area contributed by atoms with E-state index in [0.717, 1.165) is 0 Å². The molecule has 0 aromatic heterocycles. The Hall–Kier alpha value is -1.25. The van der Waals surface area contributed by atoms with Crippen molar-refractivity contribution < 1.29 is 66.5 Å². The molecule has 25 heavy (non-hydrogen) atoms. The van der Waals surface area contributed by atoms with E-state index in [-0.39, 0.29) is 0 Å². The summed E-state index contributed by atoms with van der Waals surface area (Å²) in [6, 6.07) is 0. The van der Waals surface area contributed by atoms with Crippen LogP contribution in [0.5, 0.6) is 0 Å². The highest BCUT2D eigenvalue weighted by Crippen LogP contribution is 2.63. The Kier molecular flexibility index (Phi) is 4.90. The average Bonchev–Trinajstić information content (AvgIpc) is 2.59. The van der Waals surface area contributed by atoms with Crippen LogP contribution in [0.4, 0.5) is 57.1 Å². The van der Waals surface area contributed by atoms with Gasteiger partial charge in [0.1, 0.15) is 11.1 Å². The summed E-state index contributed by atoms with van der Waals surface area (Å²) in [6.07, 6.45) is -27.1. The molecule has 0 amide bonds. The van der Waals surface area contributed by atoms with E-state index in [2.05, 4.69) is 9.47 Å². The van der Waals surface area contributed by atoms with Crippen molar-refractivity contribution in [1.29, 1.82) is 0 Å². The van der Waals surface area contributed by atoms with Crippen LogP contribution >= 0.6 is 0 Å². The summed E-state index contributed by atoms with van der Waals surface area (Å²) < 4.78 is 174. The van der Waals surface area contributed by atoms with Gasteiger partial charge < -0.3 is 4.74 Å². The van der Waals surface area contributed by atoms with E-state index < -0.39 is 54.1 Å². The highest BCUT2D eigenvalue weighted by atomic mass is 19.4. The zero-order chi connectivity index (χ0) is 20.3. The van der Waals surface area contributed by atoms with Crippen LogP contribution in [-0.2, 0) is 9.47 Å². The molecule has 0 aromatic rings. The van der Waals surface area contributed by atoms with E-state index in [0.29, 0.717) is 6.92 Å². The van der Waals surface area contributed by atoms with Crippen LogP contribution in [-0.4, -0.2) is 43.0 Å². The van der Waals surface area contributed by atoms with E-state index >= 15 is 0 Å². The fourth-order valence-corrected chi connectivity index (χ4v) is 2.06. The Labute approximate surface area is 129 Å². The predicted octanol–water partition coefficient (Wildman–Crippen LogP) is 4.96. The van der Waals surface area contributed by atoms with E-state index in [1.165, 1.54) is 0 Å². The van der Waals surface area contributed by atoms with Gasteiger partial charge in [-0.05, 0) is 6.92 Å². The fraction of sp³-hybridized carbons (Fsp3) is 0.800. The second-order valence-electron chi connectivity index (χ2n) is 4.49. The molecule has 2 unspecified atom stereocenters. The summed E-state index contributed by atoms with van der Waals surface area (Å²) >= 11 is 0. The first kappa shape index (κ1) is 21.8. The Morgan fingerprint density at radius 1 is 0.760 bits per heavy atom. The predicted molar refractivity (Wildman–Crippen MR) is 50.5 cm³/mol. The van der Waals surface area contributed by atoms with Crippen molar-refractivity contribution in [2.24, 2.45) is 0 Å². The molecule has 0 saturated carbocycles. The molecule has 0 saturated heterocycles.